The molecule has 0 spiro atoms. The lowest BCUT2D eigenvalue weighted by Gasteiger charge is -2.40. The Morgan fingerprint density at radius 2 is 1.82 bits per heavy atom. The molecule has 8 heteroatoms. The van der Waals surface area contributed by atoms with Crippen LogP contribution in [0.5, 0.6) is 0 Å². The summed E-state index contributed by atoms with van der Waals surface area (Å²) >= 11 is 8.05. The quantitative estimate of drug-likeness (QED) is 0.380. The molecule has 0 radical (unpaired) electrons. The lowest BCUT2D eigenvalue weighted by molar-refractivity contribution is 0.203. The van der Waals surface area contributed by atoms with Gasteiger partial charge >= 0.3 is 0 Å². The molecule has 0 bridgehead atoms. The molecule has 1 saturated heterocycles. The zero-order valence-corrected chi connectivity index (χ0v) is 20.2. The van der Waals surface area contributed by atoms with Crippen molar-refractivity contribution < 1.29 is 0 Å². The van der Waals surface area contributed by atoms with Crippen molar-refractivity contribution in [2.24, 2.45) is 0 Å². The van der Waals surface area contributed by atoms with Crippen molar-refractivity contribution >= 4 is 28.6 Å². The number of thiophene rings is 1. The van der Waals surface area contributed by atoms with Gasteiger partial charge in [0, 0.05) is 48.3 Å². The number of hydrogen-bond acceptors (Lipinski definition) is 6. The molecule has 33 heavy (non-hydrogen) atoms. The molecular weight excluding hydrogens is 452 g/mol. The van der Waals surface area contributed by atoms with Crippen LogP contribution in [-0.2, 0) is 13.0 Å². The second-order valence-corrected chi connectivity index (χ2v) is 9.78. The van der Waals surface area contributed by atoms with Crippen LogP contribution in [0.4, 0.5) is 5.69 Å². The summed E-state index contributed by atoms with van der Waals surface area (Å²) in [7, 11) is 0. The average molecular weight is 479 g/mol. The summed E-state index contributed by atoms with van der Waals surface area (Å²) in [6.07, 6.45) is 0.901. The summed E-state index contributed by atoms with van der Waals surface area (Å²) in [5.74, 6) is 0.917. The van der Waals surface area contributed by atoms with E-state index in [9.17, 15) is 0 Å². The van der Waals surface area contributed by atoms with Crippen LogP contribution in [0.3, 0.4) is 0 Å². The maximum atomic E-state index is 6.28. The van der Waals surface area contributed by atoms with Gasteiger partial charge in [0.05, 0.1) is 0 Å². The van der Waals surface area contributed by atoms with Crippen molar-refractivity contribution in [1.29, 1.82) is 0 Å². The highest BCUT2D eigenvalue weighted by Crippen LogP contribution is 2.33. The molecule has 3 heterocycles. The smallest absolute Gasteiger partial charge is 0.173 e. The highest BCUT2D eigenvalue weighted by molar-refractivity contribution is 7.10. The number of rotatable bonds is 7. The Kier molecular flexibility index (Phi) is 6.71. The van der Waals surface area contributed by atoms with Crippen molar-refractivity contribution in [1.82, 2.24) is 25.1 Å². The number of anilines is 1. The summed E-state index contributed by atoms with van der Waals surface area (Å²) in [6.45, 7) is 6.65. The van der Waals surface area contributed by atoms with Crippen LogP contribution < -0.4 is 4.90 Å². The summed E-state index contributed by atoms with van der Waals surface area (Å²) in [6, 6.07) is 21.0. The van der Waals surface area contributed by atoms with E-state index in [0.717, 1.165) is 50.0 Å². The van der Waals surface area contributed by atoms with E-state index in [-0.39, 0.29) is 6.04 Å². The van der Waals surface area contributed by atoms with Gasteiger partial charge in [0.15, 0.2) is 5.82 Å². The molecule has 0 amide bonds. The van der Waals surface area contributed by atoms with Gasteiger partial charge in [-0.3, -0.25) is 4.90 Å². The number of benzene rings is 2. The number of piperazine rings is 1. The van der Waals surface area contributed by atoms with Crippen LogP contribution in [0.1, 0.15) is 27.9 Å². The minimum absolute atomic E-state index is 0.0541. The van der Waals surface area contributed by atoms with E-state index in [0.29, 0.717) is 0 Å². The standard InChI is InChI=1S/C25H27ClN6S/c1-19-9-10-21(26)18-22(19)30-13-15-31(16-14-30)24(23-8-5-17-33-23)25-27-28-29-32(25)12-11-20-6-3-2-4-7-20/h2-10,17-18,24H,11-16H2,1H3. The van der Waals surface area contributed by atoms with Crippen LogP contribution in [-0.4, -0.2) is 51.3 Å². The molecule has 1 aliphatic rings. The number of tetrazole rings is 1. The molecular formula is C25H27ClN6S. The Morgan fingerprint density at radius 1 is 1.00 bits per heavy atom. The first-order valence-corrected chi connectivity index (χ1v) is 12.5. The fraction of sp³-hybridized carbons (Fsp3) is 0.320. The topological polar surface area (TPSA) is 50.1 Å². The molecule has 4 aromatic rings. The zero-order valence-electron chi connectivity index (χ0n) is 18.6. The highest BCUT2D eigenvalue weighted by Gasteiger charge is 2.31. The molecule has 0 N–H and O–H groups in total. The molecule has 0 saturated carbocycles. The van der Waals surface area contributed by atoms with Crippen LogP contribution in [0.15, 0.2) is 66.0 Å². The van der Waals surface area contributed by atoms with Gasteiger partial charge in [-0.15, -0.1) is 16.4 Å². The van der Waals surface area contributed by atoms with Crippen LogP contribution in [0.2, 0.25) is 5.02 Å². The van der Waals surface area contributed by atoms with Crippen LogP contribution >= 0.6 is 22.9 Å². The molecule has 1 atom stereocenters. The predicted octanol–water partition coefficient (Wildman–Crippen LogP) is 4.85. The van der Waals surface area contributed by atoms with Crippen molar-refractivity contribution in [3.63, 3.8) is 0 Å². The third-order valence-corrected chi connectivity index (χ3v) is 7.42. The maximum absolute atomic E-state index is 6.28. The zero-order chi connectivity index (χ0) is 22.6. The lowest BCUT2D eigenvalue weighted by Crippen LogP contribution is -2.48. The van der Waals surface area contributed by atoms with Crippen LogP contribution in [0, 0.1) is 6.92 Å². The molecule has 2 aromatic heterocycles. The van der Waals surface area contributed by atoms with Gasteiger partial charge in [0.1, 0.15) is 6.04 Å². The van der Waals surface area contributed by atoms with E-state index in [1.54, 1.807) is 11.3 Å². The first-order valence-electron chi connectivity index (χ1n) is 11.3. The summed E-state index contributed by atoms with van der Waals surface area (Å²) < 4.78 is 1.98. The number of nitrogens with zero attached hydrogens (tertiary/aromatic N) is 6. The van der Waals surface area contributed by atoms with Gasteiger partial charge < -0.3 is 4.90 Å². The molecule has 1 aliphatic heterocycles. The van der Waals surface area contributed by atoms with Crippen molar-refractivity contribution in [3.8, 4) is 0 Å². The first-order chi connectivity index (χ1) is 16.2. The Balaban J connectivity index is 1.35. The Hall–Kier alpha value is -2.74. The molecule has 6 nitrogen and oxygen atoms in total. The second kappa shape index (κ2) is 10.0. The minimum Gasteiger partial charge on any atom is -0.369 e. The molecule has 1 fully saturated rings. The van der Waals surface area contributed by atoms with Gasteiger partial charge in [-0.05, 0) is 58.5 Å². The maximum Gasteiger partial charge on any atom is 0.173 e. The normalized spacial score (nSPS) is 15.6. The van der Waals surface area contributed by atoms with Crippen molar-refractivity contribution in [3.05, 3.63) is 92.9 Å². The fourth-order valence-corrected chi connectivity index (χ4v) is 5.53. The lowest BCUT2D eigenvalue weighted by atomic mass is 10.1. The van der Waals surface area contributed by atoms with Crippen LogP contribution in [0.25, 0.3) is 0 Å². The van der Waals surface area contributed by atoms with E-state index >= 15 is 0 Å². The summed E-state index contributed by atoms with van der Waals surface area (Å²) in [4.78, 5) is 6.22. The average Bonchev–Trinajstić information content (AvgIpc) is 3.54. The highest BCUT2D eigenvalue weighted by atomic mass is 35.5. The van der Waals surface area contributed by atoms with E-state index in [1.807, 2.05) is 16.8 Å². The van der Waals surface area contributed by atoms with Gasteiger partial charge in [0.2, 0.25) is 0 Å². The van der Waals surface area contributed by atoms with E-state index in [1.165, 1.54) is 21.7 Å². The molecule has 5 rings (SSSR count). The third kappa shape index (κ3) is 4.95. The number of aromatic nitrogens is 4. The van der Waals surface area contributed by atoms with Gasteiger partial charge in [-0.2, -0.15) is 0 Å². The van der Waals surface area contributed by atoms with Crippen molar-refractivity contribution in [2.45, 2.75) is 25.9 Å². The first kappa shape index (κ1) is 22.1. The molecule has 170 valence electrons. The molecule has 2 aromatic carbocycles. The Morgan fingerprint density at radius 3 is 2.58 bits per heavy atom. The Labute approximate surface area is 203 Å². The fourth-order valence-electron chi connectivity index (χ4n) is 4.51. The number of halogens is 1. The van der Waals surface area contributed by atoms with Gasteiger partial charge in [-0.1, -0.05) is 54.1 Å². The summed E-state index contributed by atoms with van der Waals surface area (Å²) in [5.41, 5.74) is 3.77. The van der Waals surface area contributed by atoms with E-state index in [2.05, 4.69) is 86.2 Å². The minimum atomic E-state index is 0.0541. The third-order valence-electron chi connectivity index (χ3n) is 6.26. The Bertz CT molecular complexity index is 1170. The van der Waals surface area contributed by atoms with Crippen molar-refractivity contribution in [2.75, 3.05) is 31.1 Å². The molecule has 1 unspecified atom stereocenters. The monoisotopic (exact) mass is 478 g/mol. The second-order valence-electron chi connectivity index (χ2n) is 8.37. The van der Waals surface area contributed by atoms with Gasteiger partial charge in [-0.25, -0.2) is 4.68 Å². The van der Waals surface area contributed by atoms with Gasteiger partial charge in [0.25, 0.3) is 0 Å². The largest absolute Gasteiger partial charge is 0.369 e. The summed E-state index contributed by atoms with van der Waals surface area (Å²) in [5, 5.41) is 15.8. The van der Waals surface area contributed by atoms with E-state index in [4.69, 9.17) is 11.6 Å². The predicted molar refractivity (Wildman–Crippen MR) is 134 cm³/mol. The molecule has 0 aliphatic carbocycles. The number of hydrogen-bond donors (Lipinski definition) is 0. The number of aryl methyl sites for hydroxylation is 3. The van der Waals surface area contributed by atoms with E-state index < -0.39 is 0 Å². The SMILES string of the molecule is Cc1ccc(Cl)cc1N1CCN(C(c2cccs2)c2nnnn2CCc2ccccc2)CC1.